The van der Waals surface area contributed by atoms with Gasteiger partial charge in [-0.3, -0.25) is 4.90 Å². The minimum Gasteiger partial charge on any atom is -0.434 e. The van der Waals surface area contributed by atoms with Crippen LogP contribution in [0.25, 0.3) is 17.1 Å². The van der Waals surface area contributed by atoms with Crippen LogP contribution in [-0.4, -0.2) is 82.7 Å². The van der Waals surface area contributed by atoms with E-state index < -0.39 is 30.6 Å². The predicted molar refractivity (Wildman–Crippen MR) is 160 cm³/mol. The predicted octanol–water partition coefficient (Wildman–Crippen LogP) is 3.95. The number of nitrogens with zero attached hydrogens (tertiary/aromatic N) is 5. The molecule has 1 aliphatic heterocycles. The lowest BCUT2D eigenvalue weighted by molar-refractivity contribution is -0.182. The summed E-state index contributed by atoms with van der Waals surface area (Å²) in [6.45, 7) is 9.32. The van der Waals surface area contributed by atoms with Crippen molar-refractivity contribution in [1.82, 2.24) is 29.4 Å². The number of nitrogens with one attached hydrogen (secondary N) is 1. The molecule has 13 heteroatoms. The molecule has 0 unspecified atom stereocenters. The first-order chi connectivity index (χ1) is 20.9. The summed E-state index contributed by atoms with van der Waals surface area (Å²) in [6.07, 6.45) is 2.52. The van der Waals surface area contributed by atoms with Crippen molar-refractivity contribution in [2.45, 2.75) is 102 Å². The normalized spacial score (nSPS) is 27.1. The Morgan fingerprint density at radius 3 is 2.77 bits per heavy atom. The smallest absolute Gasteiger partial charge is 0.421 e. The van der Waals surface area contributed by atoms with Gasteiger partial charge in [0.15, 0.2) is 6.23 Å². The molecule has 5 N–H and O–H groups in total. The minimum absolute atomic E-state index is 0.217. The van der Waals surface area contributed by atoms with Crippen LogP contribution >= 0.6 is 0 Å². The number of anilines is 1. The van der Waals surface area contributed by atoms with Gasteiger partial charge in [-0.25, -0.2) is 15.0 Å². The molecule has 3 aromatic heterocycles. The first-order valence-corrected chi connectivity index (χ1v) is 15.3. The highest BCUT2D eigenvalue weighted by molar-refractivity contribution is 5.86. The van der Waals surface area contributed by atoms with E-state index in [0.717, 1.165) is 37.2 Å². The van der Waals surface area contributed by atoms with Crippen molar-refractivity contribution in [3.63, 3.8) is 0 Å². The molecular weight excluding hydrogens is 572 g/mol. The van der Waals surface area contributed by atoms with Gasteiger partial charge in [-0.1, -0.05) is 6.58 Å². The van der Waals surface area contributed by atoms with Crippen LogP contribution in [0.3, 0.4) is 0 Å². The van der Waals surface area contributed by atoms with E-state index in [4.69, 9.17) is 15.2 Å². The summed E-state index contributed by atoms with van der Waals surface area (Å²) in [4.78, 5) is 18.7. The van der Waals surface area contributed by atoms with E-state index in [-0.39, 0.29) is 17.4 Å². The fourth-order valence-electron chi connectivity index (χ4n) is 6.56. The molecule has 1 saturated carbocycles. The zero-order chi connectivity index (χ0) is 31.3. The second kappa shape index (κ2) is 11.8. The number of aromatic amines is 1. The van der Waals surface area contributed by atoms with Crippen LogP contribution in [0.4, 0.5) is 14.6 Å². The molecule has 6 rings (SSSR count). The molecule has 238 valence electrons. The highest BCUT2D eigenvalue weighted by atomic mass is 19.3. The first-order valence-electron chi connectivity index (χ1n) is 15.3. The van der Waals surface area contributed by atoms with Crippen molar-refractivity contribution in [2.75, 3.05) is 12.3 Å². The number of nitrogen functional groups attached to an aromatic ring is 1. The molecule has 0 radical (unpaired) electrons. The third-order valence-corrected chi connectivity index (χ3v) is 9.21. The standard InChI is InChI=1S/C31H41F2N7O4/c1-16(2)31(32,33)44-20-6-7-22-23(13-20)38-25(37-22)8-5-18-11-19(12-18)40(17(3)4)14-24-26(41)27(42)30(43-24)39-10-9-21-28(34)35-15-36-29(21)39/h9-10,13,15,17-19,24,26-27,30,41-42H,1,5-8,11-12,14H2,2-4H3,(H,37,38)(H2,34,35,36)/t18?,19?,24-,26-,27-,30-/m1/s1. The van der Waals surface area contributed by atoms with Gasteiger partial charge in [-0.2, -0.15) is 8.78 Å². The molecule has 0 aromatic carbocycles. The summed E-state index contributed by atoms with van der Waals surface area (Å²) in [5.74, 6) is 1.94. The lowest BCUT2D eigenvalue weighted by atomic mass is 9.76. The second-order valence-corrected chi connectivity index (χ2v) is 12.6. The Labute approximate surface area is 254 Å². The summed E-state index contributed by atoms with van der Waals surface area (Å²) in [6, 6.07) is 2.35. The number of imidazole rings is 1. The monoisotopic (exact) mass is 613 g/mol. The Hall–Kier alpha value is -3.39. The SMILES string of the molecule is C=C(C)C(F)(F)OC1=Cc2nc(CCC3CC(N(C[C@H]4O[C@@H](n5ccc6c(N)ncnc65)[C@H](O)[C@@H]4O)C(C)C)C3)[nH]c2CC1. The molecular formula is C31H41F2N7O4. The fourth-order valence-corrected chi connectivity index (χ4v) is 6.56. The van der Waals surface area contributed by atoms with Crippen LogP contribution in [0.1, 0.15) is 69.9 Å². The maximum absolute atomic E-state index is 14.0. The average molecular weight is 614 g/mol. The van der Waals surface area contributed by atoms with Crippen LogP contribution in [0, 0.1) is 5.92 Å². The number of alkyl halides is 2. The quantitative estimate of drug-likeness (QED) is 0.236. The average Bonchev–Trinajstić information content (AvgIpc) is 3.63. The molecule has 1 saturated heterocycles. The summed E-state index contributed by atoms with van der Waals surface area (Å²) < 4.78 is 40.8. The number of aliphatic hydroxyl groups excluding tert-OH is 2. The summed E-state index contributed by atoms with van der Waals surface area (Å²) in [5, 5.41) is 22.5. The Bertz CT molecular complexity index is 1550. The van der Waals surface area contributed by atoms with Gasteiger partial charge in [0.25, 0.3) is 0 Å². The number of H-pyrrole nitrogens is 1. The number of aliphatic hydroxyl groups is 2. The van der Waals surface area contributed by atoms with E-state index in [0.29, 0.717) is 53.9 Å². The van der Waals surface area contributed by atoms with E-state index in [9.17, 15) is 19.0 Å². The van der Waals surface area contributed by atoms with Crippen molar-refractivity contribution in [3.8, 4) is 0 Å². The van der Waals surface area contributed by atoms with E-state index in [2.05, 4.69) is 45.3 Å². The minimum atomic E-state index is -3.39. The van der Waals surface area contributed by atoms with Gasteiger partial charge in [0, 0.05) is 55.0 Å². The number of halogens is 2. The molecule has 0 bridgehead atoms. The van der Waals surface area contributed by atoms with Crippen LogP contribution in [0.2, 0.25) is 0 Å². The Morgan fingerprint density at radius 1 is 1.27 bits per heavy atom. The topological polar surface area (TPSA) is 148 Å². The maximum atomic E-state index is 14.0. The third kappa shape index (κ3) is 5.85. The maximum Gasteiger partial charge on any atom is 0.421 e. The van der Waals surface area contributed by atoms with Gasteiger partial charge in [-0.05, 0) is 58.4 Å². The molecule has 4 atom stereocenters. The number of fused-ring (bicyclic) bond motifs is 2. The van der Waals surface area contributed by atoms with Crippen molar-refractivity contribution >= 4 is 22.9 Å². The van der Waals surface area contributed by atoms with Crippen LogP contribution < -0.4 is 5.73 Å². The van der Waals surface area contributed by atoms with Gasteiger partial charge < -0.3 is 35.0 Å². The van der Waals surface area contributed by atoms with Crippen LogP contribution in [0.5, 0.6) is 0 Å². The molecule has 2 aliphatic carbocycles. The number of allylic oxidation sites excluding steroid dienone is 1. The molecule has 0 amide bonds. The van der Waals surface area contributed by atoms with E-state index in [1.807, 2.05) is 0 Å². The van der Waals surface area contributed by atoms with Gasteiger partial charge in [0.1, 0.15) is 47.7 Å². The molecule has 3 aliphatic rings. The molecule has 0 spiro atoms. The van der Waals surface area contributed by atoms with Crippen molar-refractivity contribution in [3.05, 3.63) is 53.7 Å². The highest BCUT2D eigenvalue weighted by Crippen LogP contribution is 2.39. The van der Waals surface area contributed by atoms with Gasteiger partial charge in [-0.15, -0.1) is 0 Å². The van der Waals surface area contributed by atoms with Crippen LogP contribution in [-0.2, 0) is 22.3 Å². The highest BCUT2D eigenvalue weighted by Gasteiger charge is 2.46. The van der Waals surface area contributed by atoms with E-state index in [1.165, 1.54) is 13.3 Å². The zero-order valence-corrected chi connectivity index (χ0v) is 25.3. The lowest BCUT2D eigenvalue weighted by Gasteiger charge is -2.46. The Balaban J connectivity index is 1.03. The van der Waals surface area contributed by atoms with Gasteiger partial charge >= 0.3 is 6.11 Å². The number of hydrogen-bond acceptors (Lipinski definition) is 9. The number of aromatic nitrogens is 5. The second-order valence-electron chi connectivity index (χ2n) is 12.6. The first kappa shape index (κ1) is 30.6. The van der Waals surface area contributed by atoms with Crippen LogP contribution in [0.15, 0.2) is 36.5 Å². The van der Waals surface area contributed by atoms with Crippen molar-refractivity contribution in [1.29, 1.82) is 0 Å². The molecule has 3 aromatic rings. The number of ether oxygens (including phenoxy) is 2. The summed E-state index contributed by atoms with van der Waals surface area (Å²) in [5.41, 5.74) is 7.79. The molecule has 4 heterocycles. The van der Waals surface area contributed by atoms with Crippen molar-refractivity contribution < 1.29 is 28.5 Å². The van der Waals surface area contributed by atoms with E-state index in [1.54, 1.807) is 22.9 Å². The number of rotatable bonds is 11. The van der Waals surface area contributed by atoms with Gasteiger partial charge in [0.05, 0.1) is 11.1 Å². The molecule has 11 nitrogen and oxygen atoms in total. The van der Waals surface area contributed by atoms with E-state index >= 15 is 0 Å². The molecule has 2 fully saturated rings. The number of aryl methyl sites for hydroxylation is 2. The lowest BCUT2D eigenvalue weighted by Crippen LogP contribution is -2.52. The number of hydrogen-bond donors (Lipinski definition) is 4. The number of nitrogens with two attached hydrogens (primary N) is 1. The zero-order valence-electron chi connectivity index (χ0n) is 25.3. The summed E-state index contributed by atoms with van der Waals surface area (Å²) in [7, 11) is 0. The fraction of sp³-hybridized carbons (Fsp3) is 0.581. The Kier molecular flexibility index (Phi) is 8.24. The van der Waals surface area contributed by atoms with Crippen molar-refractivity contribution in [2.24, 2.45) is 5.92 Å². The van der Waals surface area contributed by atoms with Gasteiger partial charge in [0.2, 0.25) is 0 Å². The third-order valence-electron chi connectivity index (χ3n) is 9.21. The summed E-state index contributed by atoms with van der Waals surface area (Å²) >= 11 is 0. The Morgan fingerprint density at radius 2 is 2.05 bits per heavy atom. The largest absolute Gasteiger partial charge is 0.434 e. The molecule has 44 heavy (non-hydrogen) atoms.